The maximum atomic E-state index is 10.4. The first kappa shape index (κ1) is 7.54. The van der Waals surface area contributed by atoms with Gasteiger partial charge in [0, 0.05) is 0 Å². The second-order valence-corrected chi connectivity index (χ2v) is 2.66. The zero-order chi connectivity index (χ0) is 7.40. The number of hydrogen-bond donors (Lipinski definition) is 2. The number of hydrogen-bond acceptors (Lipinski definition) is 2. The maximum absolute atomic E-state index is 10.4. The molecule has 0 saturated carbocycles. The Bertz CT molecular complexity index is 119. The standard InChI is InChI=1S/C7H13N2O/c8-7(10)5-6-1-3-9-4-2-6/h5-6,9H,1-4H2,(H2,8,10). The van der Waals surface area contributed by atoms with E-state index < -0.39 is 0 Å². The van der Waals surface area contributed by atoms with E-state index in [2.05, 4.69) is 5.32 Å². The van der Waals surface area contributed by atoms with Crippen molar-refractivity contribution in [2.75, 3.05) is 13.1 Å². The molecule has 3 nitrogen and oxygen atoms in total. The Morgan fingerprint density at radius 3 is 2.60 bits per heavy atom. The molecule has 10 heavy (non-hydrogen) atoms. The van der Waals surface area contributed by atoms with Gasteiger partial charge >= 0.3 is 0 Å². The summed E-state index contributed by atoms with van der Waals surface area (Å²) in [5, 5.41) is 3.22. The van der Waals surface area contributed by atoms with Crippen LogP contribution in [0.3, 0.4) is 0 Å². The van der Waals surface area contributed by atoms with Crippen LogP contribution >= 0.6 is 0 Å². The summed E-state index contributed by atoms with van der Waals surface area (Å²) < 4.78 is 0. The quantitative estimate of drug-likeness (QED) is 0.553. The Morgan fingerprint density at radius 2 is 2.10 bits per heavy atom. The SMILES string of the molecule is NC(=O)[CH]C1CCNCC1. The molecule has 57 valence electrons. The number of nitrogens with one attached hydrogen (secondary N) is 1. The van der Waals surface area contributed by atoms with Crippen LogP contribution in [0.4, 0.5) is 0 Å². The van der Waals surface area contributed by atoms with Crippen molar-refractivity contribution in [1.29, 1.82) is 0 Å². The molecule has 1 fully saturated rings. The lowest BCUT2D eigenvalue weighted by Gasteiger charge is -2.20. The van der Waals surface area contributed by atoms with E-state index in [9.17, 15) is 4.79 Å². The summed E-state index contributed by atoms with van der Waals surface area (Å²) in [6.07, 6.45) is 3.72. The molecule has 0 atom stereocenters. The second kappa shape index (κ2) is 3.56. The largest absolute Gasteiger partial charge is 0.369 e. The molecule has 0 aliphatic carbocycles. The number of nitrogens with two attached hydrogens (primary N) is 1. The second-order valence-electron chi connectivity index (χ2n) is 2.66. The average molecular weight is 141 g/mol. The van der Waals surface area contributed by atoms with E-state index in [0.717, 1.165) is 25.9 Å². The molecule has 1 aliphatic rings. The lowest BCUT2D eigenvalue weighted by atomic mass is 9.95. The summed E-state index contributed by atoms with van der Waals surface area (Å²) in [6, 6.07) is 0. The Balaban J connectivity index is 2.19. The predicted molar refractivity (Wildman–Crippen MR) is 39.1 cm³/mol. The van der Waals surface area contributed by atoms with Gasteiger partial charge in [-0.3, -0.25) is 4.79 Å². The average Bonchev–Trinajstić information content (AvgIpc) is 1.88. The van der Waals surface area contributed by atoms with Crippen molar-refractivity contribution in [2.45, 2.75) is 12.8 Å². The molecular formula is C7H13N2O. The third-order valence-electron chi connectivity index (χ3n) is 1.78. The Kier molecular flexibility index (Phi) is 2.68. The highest BCUT2D eigenvalue weighted by Gasteiger charge is 2.14. The number of carbonyl (C=O) groups is 1. The highest BCUT2D eigenvalue weighted by atomic mass is 16.1. The first-order chi connectivity index (χ1) is 4.79. The summed E-state index contributed by atoms with van der Waals surface area (Å²) >= 11 is 0. The molecule has 1 radical (unpaired) electrons. The first-order valence-corrected chi connectivity index (χ1v) is 3.64. The van der Waals surface area contributed by atoms with Crippen LogP contribution in [0.15, 0.2) is 0 Å². The zero-order valence-corrected chi connectivity index (χ0v) is 5.97. The van der Waals surface area contributed by atoms with E-state index >= 15 is 0 Å². The fourth-order valence-corrected chi connectivity index (χ4v) is 1.24. The zero-order valence-electron chi connectivity index (χ0n) is 5.97. The van der Waals surface area contributed by atoms with Crippen LogP contribution in [0.5, 0.6) is 0 Å². The lowest BCUT2D eigenvalue weighted by Crippen LogP contribution is -2.30. The number of amides is 1. The van der Waals surface area contributed by atoms with Crippen molar-refractivity contribution in [2.24, 2.45) is 11.7 Å². The van der Waals surface area contributed by atoms with Crippen molar-refractivity contribution in [1.82, 2.24) is 5.32 Å². The van der Waals surface area contributed by atoms with Crippen LogP contribution in [0.25, 0.3) is 0 Å². The van der Waals surface area contributed by atoms with Crippen molar-refractivity contribution < 1.29 is 4.79 Å². The van der Waals surface area contributed by atoms with Gasteiger partial charge < -0.3 is 11.1 Å². The topological polar surface area (TPSA) is 55.1 Å². The van der Waals surface area contributed by atoms with Crippen LogP contribution in [0.2, 0.25) is 0 Å². The number of carbonyl (C=O) groups excluding carboxylic acids is 1. The summed E-state index contributed by atoms with van der Waals surface area (Å²) in [5.74, 6) is 0.130. The van der Waals surface area contributed by atoms with Gasteiger partial charge in [0.1, 0.15) is 0 Å². The molecule has 3 N–H and O–H groups in total. The smallest absolute Gasteiger partial charge is 0.221 e. The van der Waals surface area contributed by atoms with E-state index in [1.807, 2.05) is 0 Å². The first-order valence-electron chi connectivity index (χ1n) is 3.64. The Labute approximate surface area is 61.0 Å². The van der Waals surface area contributed by atoms with Gasteiger partial charge in [-0.1, -0.05) is 0 Å². The minimum absolute atomic E-state index is 0.285. The molecule has 0 spiro atoms. The predicted octanol–water partition coefficient (Wildman–Crippen LogP) is -0.324. The summed E-state index contributed by atoms with van der Waals surface area (Å²) in [7, 11) is 0. The van der Waals surface area contributed by atoms with Crippen LogP contribution in [0.1, 0.15) is 12.8 Å². The Morgan fingerprint density at radius 1 is 1.50 bits per heavy atom. The molecule has 0 aromatic rings. The molecule has 3 heteroatoms. The van der Waals surface area contributed by atoms with Crippen molar-refractivity contribution in [3.63, 3.8) is 0 Å². The third-order valence-corrected chi connectivity index (χ3v) is 1.78. The van der Waals surface area contributed by atoms with Crippen molar-refractivity contribution >= 4 is 5.91 Å². The maximum Gasteiger partial charge on any atom is 0.221 e. The van der Waals surface area contributed by atoms with Crippen LogP contribution < -0.4 is 11.1 Å². The molecular weight excluding hydrogens is 128 g/mol. The molecule has 1 rings (SSSR count). The van der Waals surface area contributed by atoms with Crippen LogP contribution in [-0.2, 0) is 4.79 Å². The minimum Gasteiger partial charge on any atom is -0.369 e. The molecule has 0 unspecified atom stereocenters. The van der Waals surface area contributed by atoms with E-state index in [-0.39, 0.29) is 5.91 Å². The summed E-state index contributed by atoms with van der Waals surface area (Å²) in [6.45, 7) is 2.02. The van der Waals surface area contributed by atoms with Gasteiger partial charge in [-0.15, -0.1) is 0 Å². The molecule has 1 aliphatic heterocycles. The van der Waals surface area contributed by atoms with Gasteiger partial charge in [-0.05, 0) is 31.8 Å². The van der Waals surface area contributed by atoms with Crippen LogP contribution in [0, 0.1) is 12.3 Å². The molecule has 0 bridgehead atoms. The molecule has 1 saturated heterocycles. The number of rotatable bonds is 2. The molecule has 1 amide bonds. The van der Waals surface area contributed by atoms with E-state index in [0.29, 0.717) is 5.92 Å². The van der Waals surface area contributed by atoms with Gasteiger partial charge in [0.2, 0.25) is 5.91 Å². The third kappa shape index (κ3) is 2.35. The summed E-state index contributed by atoms with van der Waals surface area (Å²) in [5.41, 5.74) is 5.01. The van der Waals surface area contributed by atoms with Crippen molar-refractivity contribution in [3.05, 3.63) is 6.42 Å². The van der Waals surface area contributed by atoms with Gasteiger partial charge in [-0.2, -0.15) is 0 Å². The lowest BCUT2D eigenvalue weighted by molar-refractivity contribution is -0.115. The number of piperidine rings is 1. The molecule has 1 heterocycles. The molecule has 0 aromatic carbocycles. The fraction of sp³-hybridized carbons (Fsp3) is 0.714. The highest BCUT2D eigenvalue weighted by molar-refractivity contribution is 5.83. The van der Waals surface area contributed by atoms with E-state index in [1.54, 1.807) is 6.42 Å². The van der Waals surface area contributed by atoms with Crippen molar-refractivity contribution in [3.8, 4) is 0 Å². The van der Waals surface area contributed by atoms with Gasteiger partial charge in [0.05, 0.1) is 6.42 Å². The number of primary amides is 1. The summed E-state index contributed by atoms with van der Waals surface area (Å²) in [4.78, 5) is 10.4. The van der Waals surface area contributed by atoms with Crippen LogP contribution in [-0.4, -0.2) is 19.0 Å². The minimum atomic E-state index is -0.285. The van der Waals surface area contributed by atoms with E-state index in [4.69, 9.17) is 5.73 Å². The van der Waals surface area contributed by atoms with Gasteiger partial charge in [-0.25, -0.2) is 0 Å². The normalized spacial score (nSPS) is 20.8. The highest BCUT2D eigenvalue weighted by Crippen LogP contribution is 2.13. The van der Waals surface area contributed by atoms with Gasteiger partial charge in [0.25, 0.3) is 0 Å². The molecule has 0 aromatic heterocycles. The Hall–Kier alpha value is -0.570. The van der Waals surface area contributed by atoms with E-state index in [1.165, 1.54) is 0 Å². The monoisotopic (exact) mass is 141 g/mol. The van der Waals surface area contributed by atoms with Gasteiger partial charge in [0.15, 0.2) is 0 Å². The fourth-order valence-electron chi connectivity index (χ4n) is 1.24.